The van der Waals surface area contributed by atoms with Crippen molar-refractivity contribution >= 4 is 35.7 Å². The van der Waals surface area contributed by atoms with E-state index in [-0.39, 0.29) is 37.7 Å². The number of aliphatic carboxylic acids is 1. The lowest BCUT2D eigenvalue weighted by atomic mass is 9.84. The minimum absolute atomic E-state index is 0.00123. The standard InChI is InChI=1S/C51H48N2O8S/c1-2-59-39-28-26-35(27-29-39)32-60-49(57)46(34-62-51(36-16-6-3-7-17-36,37-18-8-4-9-19-37)38-20-10-5-11-21-38)52-47(54)31-30-45(48(55)56)53-50(58)61-33-44-42-24-14-12-22-40(42)41-23-13-15-25-43(41)44/h3-29,44-46H,2,30-34H2,1H3,(H,52,54)(H,53,58)(H,55,56)/t45-,46-/m0/s1. The number of benzene rings is 6. The normalized spacial score (nSPS) is 12.9. The number of alkyl carbamates (subject to hydrolysis) is 1. The SMILES string of the molecule is CCOc1ccc(COC(=O)[C@H](CSC(c2ccccc2)(c2ccccc2)c2ccccc2)NC(=O)CC[C@H](NC(=O)OCC2c3ccccc3-c3ccccc32)C(=O)O)cc1. The van der Waals surface area contributed by atoms with Crippen molar-refractivity contribution in [2.45, 2.75) is 49.1 Å². The lowest BCUT2D eigenvalue weighted by Gasteiger charge is -2.36. The fourth-order valence-corrected chi connectivity index (χ4v) is 9.38. The molecule has 0 radical (unpaired) electrons. The molecule has 1 aliphatic carbocycles. The number of thioether (sulfide) groups is 1. The Bertz CT molecular complexity index is 2310. The van der Waals surface area contributed by atoms with Gasteiger partial charge in [0.05, 0.1) is 11.4 Å². The molecule has 0 aliphatic heterocycles. The number of carbonyl (C=O) groups excluding carboxylic acids is 3. The van der Waals surface area contributed by atoms with E-state index < -0.39 is 40.8 Å². The monoisotopic (exact) mass is 848 g/mol. The second-order valence-corrected chi connectivity index (χ2v) is 16.0. The highest BCUT2D eigenvalue weighted by atomic mass is 32.2. The summed E-state index contributed by atoms with van der Waals surface area (Å²) in [4.78, 5) is 53.2. The van der Waals surface area contributed by atoms with E-state index in [0.717, 1.165) is 44.5 Å². The molecule has 0 bridgehead atoms. The summed E-state index contributed by atoms with van der Waals surface area (Å²) in [6.45, 7) is 2.37. The van der Waals surface area contributed by atoms with Crippen molar-refractivity contribution in [1.82, 2.24) is 10.6 Å². The number of fused-ring (bicyclic) bond motifs is 3. The lowest BCUT2D eigenvalue weighted by molar-refractivity contribution is -0.148. The lowest BCUT2D eigenvalue weighted by Crippen LogP contribution is -2.46. The van der Waals surface area contributed by atoms with Crippen LogP contribution >= 0.6 is 11.8 Å². The van der Waals surface area contributed by atoms with E-state index in [9.17, 15) is 24.3 Å². The molecule has 0 saturated heterocycles. The van der Waals surface area contributed by atoms with Gasteiger partial charge in [0.1, 0.15) is 31.0 Å². The van der Waals surface area contributed by atoms with Gasteiger partial charge in [-0.2, -0.15) is 0 Å². The summed E-state index contributed by atoms with van der Waals surface area (Å²) in [5.41, 5.74) is 7.81. The number of carboxylic acid groups (broad SMARTS) is 1. The van der Waals surface area contributed by atoms with Crippen LogP contribution in [0.2, 0.25) is 0 Å². The number of nitrogens with one attached hydrogen (secondary N) is 2. The Morgan fingerprint density at radius 2 is 1.16 bits per heavy atom. The first-order valence-corrected chi connectivity index (χ1v) is 21.6. The quantitative estimate of drug-likeness (QED) is 0.0538. The molecule has 3 N–H and O–H groups in total. The maximum atomic E-state index is 14.0. The second-order valence-electron chi connectivity index (χ2n) is 14.8. The number of amides is 2. The van der Waals surface area contributed by atoms with E-state index in [4.69, 9.17) is 14.2 Å². The van der Waals surface area contributed by atoms with Crippen molar-refractivity contribution < 1.29 is 38.5 Å². The Morgan fingerprint density at radius 3 is 1.68 bits per heavy atom. The molecule has 2 atom stereocenters. The van der Waals surface area contributed by atoms with Crippen molar-refractivity contribution in [2.75, 3.05) is 19.0 Å². The van der Waals surface area contributed by atoms with Crippen molar-refractivity contribution in [3.63, 3.8) is 0 Å². The van der Waals surface area contributed by atoms with Crippen LogP contribution in [0.25, 0.3) is 11.1 Å². The van der Waals surface area contributed by atoms with Crippen molar-refractivity contribution in [2.24, 2.45) is 0 Å². The van der Waals surface area contributed by atoms with E-state index in [0.29, 0.717) is 12.4 Å². The van der Waals surface area contributed by atoms with Crippen molar-refractivity contribution in [1.29, 1.82) is 0 Å². The minimum Gasteiger partial charge on any atom is -0.494 e. The average molecular weight is 849 g/mol. The van der Waals surface area contributed by atoms with Crippen molar-refractivity contribution in [3.05, 3.63) is 197 Å². The van der Waals surface area contributed by atoms with Gasteiger partial charge in [0.2, 0.25) is 5.91 Å². The molecule has 6 aromatic rings. The Balaban J connectivity index is 1.06. The van der Waals surface area contributed by atoms with E-state index in [1.54, 1.807) is 12.1 Å². The minimum atomic E-state index is -1.43. The van der Waals surface area contributed by atoms with Gasteiger partial charge in [0.15, 0.2) is 0 Å². The number of hydrogen-bond donors (Lipinski definition) is 3. The molecule has 6 aromatic carbocycles. The first-order valence-electron chi connectivity index (χ1n) is 20.6. The molecule has 316 valence electrons. The van der Waals surface area contributed by atoms with Gasteiger partial charge in [-0.05, 0) is 70.0 Å². The van der Waals surface area contributed by atoms with Crippen LogP contribution in [0.4, 0.5) is 4.79 Å². The number of hydrogen-bond acceptors (Lipinski definition) is 8. The summed E-state index contributed by atoms with van der Waals surface area (Å²) in [5, 5.41) is 15.3. The first-order chi connectivity index (χ1) is 30.3. The third kappa shape index (κ3) is 10.2. The summed E-state index contributed by atoms with van der Waals surface area (Å²) in [6, 6.07) is 50.4. The molecule has 0 spiro atoms. The predicted octanol–water partition coefficient (Wildman–Crippen LogP) is 9.11. The highest BCUT2D eigenvalue weighted by Crippen LogP contribution is 2.49. The predicted molar refractivity (Wildman–Crippen MR) is 240 cm³/mol. The fraction of sp³-hybridized carbons (Fsp3) is 0.216. The van der Waals surface area contributed by atoms with Gasteiger partial charge in [-0.3, -0.25) is 4.79 Å². The van der Waals surface area contributed by atoms with Crippen LogP contribution < -0.4 is 15.4 Å². The Kier molecular flexibility index (Phi) is 14.4. The Labute approximate surface area is 365 Å². The second kappa shape index (κ2) is 20.6. The number of rotatable bonds is 19. The topological polar surface area (TPSA) is 140 Å². The Morgan fingerprint density at radius 1 is 0.645 bits per heavy atom. The average Bonchev–Trinajstić information content (AvgIpc) is 3.63. The van der Waals surface area contributed by atoms with E-state index in [1.807, 2.05) is 159 Å². The van der Waals surface area contributed by atoms with Crippen LogP contribution in [0.15, 0.2) is 164 Å². The van der Waals surface area contributed by atoms with Gasteiger partial charge in [0.25, 0.3) is 0 Å². The number of carbonyl (C=O) groups is 4. The summed E-state index contributed by atoms with van der Waals surface area (Å²) >= 11 is 1.48. The van der Waals surface area contributed by atoms with Crippen molar-refractivity contribution in [3.8, 4) is 16.9 Å². The third-order valence-electron chi connectivity index (χ3n) is 10.8. The molecule has 0 unspecified atom stereocenters. The van der Waals surface area contributed by atoms with Crippen LogP contribution in [0.1, 0.15) is 59.1 Å². The molecule has 62 heavy (non-hydrogen) atoms. The van der Waals surface area contributed by atoms with Crippen LogP contribution in [0, 0.1) is 0 Å². The van der Waals surface area contributed by atoms with E-state index in [1.165, 1.54) is 11.8 Å². The molecule has 7 rings (SSSR count). The highest BCUT2D eigenvalue weighted by Gasteiger charge is 2.39. The summed E-state index contributed by atoms with van der Waals surface area (Å²) in [5.74, 6) is -2.00. The van der Waals surface area contributed by atoms with Crippen LogP contribution in [-0.2, 0) is 35.2 Å². The molecule has 2 amide bonds. The van der Waals surface area contributed by atoms with Gasteiger partial charge in [-0.25, -0.2) is 14.4 Å². The summed E-state index contributed by atoms with van der Waals surface area (Å²) < 4.78 is 16.2. The summed E-state index contributed by atoms with van der Waals surface area (Å²) in [7, 11) is 0. The Hall–Kier alpha value is -6.85. The maximum Gasteiger partial charge on any atom is 0.407 e. The van der Waals surface area contributed by atoms with Gasteiger partial charge in [-0.15, -0.1) is 11.8 Å². The van der Waals surface area contributed by atoms with Gasteiger partial charge in [0, 0.05) is 18.1 Å². The number of ether oxygens (including phenoxy) is 3. The smallest absolute Gasteiger partial charge is 0.407 e. The molecular weight excluding hydrogens is 801 g/mol. The first kappa shape index (κ1) is 43.2. The van der Waals surface area contributed by atoms with Gasteiger partial charge in [-0.1, -0.05) is 152 Å². The van der Waals surface area contributed by atoms with Gasteiger partial charge < -0.3 is 30.0 Å². The third-order valence-corrected chi connectivity index (χ3v) is 12.5. The molecular formula is C51H48N2O8S. The number of esters is 1. The highest BCUT2D eigenvalue weighted by molar-refractivity contribution is 8.00. The zero-order valence-corrected chi connectivity index (χ0v) is 35.1. The fourth-order valence-electron chi connectivity index (χ4n) is 7.83. The van der Waals surface area contributed by atoms with Crippen LogP contribution in [-0.4, -0.2) is 60.1 Å². The molecule has 1 aliphatic rings. The zero-order chi connectivity index (χ0) is 43.3. The molecule has 10 nitrogen and oxygen atoms in total. The van der Waals surface area contributed by atoms with Crippen LogP contribution in [0.5, 0.6) is 5.75 Å². The number of carboxylic acids is 1. The van der Waals surface area contributed by atoms with Gasteiger partial charge >= 0.3 is 18.0 Å². The largest absolute Gasteiger partial charge is 0.494 e. The maximum absolute atomic E-state index is 14.0. The molecule has 0 heterocycles. The molecule has 11 heteroatoms. The van der Waals surface area contributed by atoms with E-state index >= 15 is 0 Å². The van der Waals surface area contributed by atoms with Crippen LogP contribution in [0.3, 0.4) is 0 Å². The molecule has 0 fully saturated rings. The molecule has 0 saturated carbocycles. The van der Waals surface area contributed by atoms with E-state index in [2.05, 4.69) is 10.6 Å². The zero-order valence-electron chi connectivity index (χ0n) is 34.3. The molecule has 0 aromatic heterocycles. The summed E-state index contributed by atoms with van der Waals surface area (Å²) in [6.07, 6.45) is -1.48.